The minimum absolute atomic E-state index is 0.0688. The van der Waals surface area contributed by atoms with Crippen molar-refractivity contribution in [2.45, 2.75) is 6.42 Å². The second kappa shape index (κ2) is 6.83. The Kier molecular flexibility index (Phi) is 5.73. The van der Waals surface area contributed by atoms with Gasteiger partial charge < -0.3 is 16.0 Å². The molecule has 1 saturated heterocycles. The molecule has 0 aliphatic carbocycles. The molecule has 16 heavy (non-hydrogen) atoms. The van der Waals surface area contributed by atoms with Crippen LogP contribution in [0.15, 0.2) is 0 Å². The first kappa shape index (κ1) is 13.4. The van der Waals surface area contributed by atoms with Crippen LogP contribution in [0.3, 0.4) is 0 Å². The van der Waals surface area contributed by atoms with Crippen molar-refractivity contribution in [1.29, 1.82) is 0 Å². The Morgan fingerprint density at radius 1 is 1.62 bits per heavy atom. The molecule has 1 unspecified atom stereocenters. The van der Waals surface area contributed by atoms with Gasteiger partial charge in [-0.1, -0.05) is 0 Å². The van der Waals surface area contributed by atoms with E-state index in [0.29, 0.717) is 25.6 Å². The van der Waals surface area contributed by atoms with E-state index in [0.717, 1.165) is 13.1 Å². The van der Waals surface area contributed by atoms with Gasteiger partial charge in [-0.15, -0.1) is 0 Å². The molecule has 5 nitrogen and oxygen atoms in total. The molecule has 1 aliphatic rings. The Labute approximate surface area is 98.0 Å². The van der Waals surface area contributed by atoms with Crippen LogP contribution in [0.25, 0.3) is 0 Å². The van der Waals surface area contributed by atoms with Gasteiger partial charge in [0.15, 0.2) is 0 Å². The first-order valence-corrected chi connectivity index (χ1v) is 5.95. The van der Waals surface area contributed by atoms with Crippen molar-refractivity contribution in [2.75, 3.05) is 53.4 Å². The molecule has 94 valence electrons. The lowest BCUT2D eigenvalue weighted by molar-refractivity contribution is -0.122. The van der Waals surface area contributed by atoms with E-state index >= 15 is 0 Å². The number of carbonyl (C=O) groups excluding carboxylic acids is 1. The molecular weight excluding hydrogens is 204 g/mol. The largest absolute Gasteiger partial charge is 0.354 e. The number of likely N-dealkylation sites (N-methyl/N-ethyl adjacent to an activating group) is 1. The highest BCUT2D eigenvalue weighted by Gasteiger charge is 2.21. The quantitative estimate of drug-likeness (QED) is 0.609. The average molecular weight is 228 g/mol. The maximum absolute atomic E-state index is 11.4. The zero-order valence-electron chi connectivity index (χ0n) is 10.4. The number of carbonyl (C=O) groups is 1. The van der Waals surface area contributed by atoms with E-state index in [4.69, 9.17) is 5.73 Å². The predicted molar refractivity (Wildman–Crippen MR) is 65.2 cm³/mol. The average Bonchev–Trinajstić information content (AvgIpc) is 2.60. The van der Waals surface area contributed by atoms with E-state index in [2.05, 4.69) is 22.2 Å². The van der Waals surface area contributed by atoms with Gasteiger partial charge in [-0.05, 0) is 33.0 Å². The Balaban J connectivity index is 2.14. The van der Waals surface area contributed by atoms with Gasteiger partial charge in [-0.2, -0.15) is 0 Å². The molecule has 0 spiro atoms. The van der Waals surface area contributed by atoms with Crippen molar-refractivity contribution >= 4 is 5.91 Å². The minimum Gasteiger partial charge on any atom is -0.354 e. The molecule has 1 heterocycles. The van der Waals surface area contributed by atoms with E-state index < -0.39 is 0 Å². The number of likely N-dealkylation sites (tertiary alicyclic amines) is 1. The van der Waals surface area contributed by atoms with Crippen LogP contribution in [0.4, 0.5) is 0 Å². The summed E-state index contributed by atoms with van der Waals surface area (Å²) in [5.41, 5.74) is 5.32. The van der Waals surface area contributed by atoms with Crippen molar-refractivity contribution in [2.24, 2.45) is 11.7 Å². The fourth-order valence-electron chi connectivity index (χ4n) is 2.19. The molecule has 0 aromatic heterocycles. The molecule has 0 radical (unpaired) electrons. The summed E-state index contributed by atoms with van der Waals surface area (Å²) >= 11 is 0. The molecule has 1 atom stereocenters. The standard InChI is InChI=1S/C11H24N4O/c1-14-6-3-10(7-14)8-15(2)9-11(16)13-5-4-12/h10H,3-9,12H2,1-2H3,(H,13,16). The maximum atomic E-state index is 11.4. The van der Waals surface area contributed by atoms with E-state index in [1.807, 2.05) is 7.05 Å². The van der Waals surface area contributed by atoms with Gasteiger partial charge in [0.25, 0.3) is 0 Å². The highest BCUT2D eigenvalue weighted by molar-refractivity contribution is 5.77. The van der Waals surface area contributed by atoms with Crippen LogP contribution in [0.2, 0.25) is 0 Å². The summed E-state index contributed by atoms with van der Waals surface area (Å²) in [5, 5.41) is 2.78. The van der Waals surface area contributed by atoms with Gasteiger partial charge in [0.05, 0.1) is 6.54 Å². The molecule has 0 saturated carbocycles. The highest BCUT2D eigenvalue weighted by atomic mass is 16.2. The maximum Gasteiger partial charge on any atom is 0.234 e. The third kappa shape index (κ3) is 4.92. The predicted octanol–water partition coefficient (Wildman–Crippen LogP) is -1.06. The van der Waals surface area contributed by atoms with Crippen molar-refractivity contribution in [1.82, 2.24) is 15.1 Å². The van der Waals surface area contributed by atoms with Gasteiger partial charge in [-0.25, -0.2) is 0 Å². The lowest BCUT2D eigenvalue weighted by Gasteiger charge is -2.20. The summed E-state index contributed by atoms with van der Waals surface area (Å²) in [4.78, 5) is 15.9. The zero-order chi connectivity index (χ0) is 12.0. The van der Waals surface area contributed by atoms with Crippen molar-refractivity contribution in [3.63, 3.8) is 0 Å². The fourth-order valence-corrected chi connectivity index (χ4v) is 2.19. The van der Waals surface area contributed by atoms with Gasteiger partial charge in [0.1, 0.15) is 0 Å². The van der Waals surface area contributed by atoms with Crippen molar-refractivity contribution in [3.8, 4) is 0 Å². The van der Waals surface area contributed by atoms with Crippen molar-refractivity contribution in [3.05, 3.63) is 0 Å². The zero-order valence-corrected chi connectivity index (χ0v) is 10.4. The summed E-state index contributed by atoms with van der Waals surface area (Å²) < 4.78 is 0. The van der Waals surface area contributed by atoms with Crippen LogP contribution >= 0.6 is 0 Å². The lowest BCUT2D eigenvalue weighted by Crippen LogP contribution is -2.39. The van der Waals surface area contributed by atoms with Crippen molar-refractivity contribution < 1.29 is 4.79 Å². The molecular formula is C11H24N4O. The van der Waals surface area contributed by atoms with Crippen LogP contribution in [-0.4, -0.2) is 69.1 Å². The molecule has 0 aromatic rings. The summed E-state index contributed by atoms with van der Waals surface area (Å²) in [6, 6.07) is 0. The van der Waals surface area contributed by atoms with Crippen LogP contribution in [0, 0.1) is 5.92 Å². The number of rotatable bonds is 6. The van der Waals surface area contributed by atoms with Crippen LogP contribution in [0.5, 0.6) is 0 Å². The topological polar surface area (TPSA) is 61.6 Å². The third-order valence-corrected chi connectivity index (χ3v) is 2.94. The summed E-state index contributed by atoms with van der Waals surface area (Å²) in [6.07, 6.45) is 1.24. The van der Waals surface area contributed by atoms with E-state index in [1.54, 1.807) is 0 Å². The third-order valence-electron chi connectivity index (χ3n) is 2.94. The van der Waals surface area contributed by atoms with Crippen LogP contribution in [0.1, 0.15) is 6.42 Å². The van der Waals surface area contributed by atoms with E-state index in [9.17, 15) is 4.79 Å². The fraction of sp³-hybridized carbons (Fsp3) is 0.909. The van der Waals surface area contributed by atoms with Crippen LogP contribution < -0.4 is 11.1 Å². The van der Waals surface area contributed by atoms with Gasteiger partial charge >= 0.3 is 0 Å². The number of nitrogens with zero attached hydrogens (tertiary/aromatic N) is 2. The number of nitrogens with one attached hydrogen (secondary N) is 1. The number of amides is 1. The molecule has 0 aromatic carbocycles. The first-order valence-electron chi connectivity index (χ1n) is 5.95. The second-order valence-electron chi connectivity index (χ2n) is 4.75. The van der Waals surface area contributed by atoms with Gasteiger partial charge in [0, 0.05) is 26.2 Å². The number of hydrogen-bond donors (Lipinski definition) is 2. The Morgan fingerprint density at radius 3 is 2.94 bits per heavy atom. The summed E-state index contributed by atoms with van der Waals surface area (Å²) in [5.74, 6) is 0.775. The molecule has 0 bridgehead atoms. The monoisotopic (exact) mass is 228 g/mol. The first-order chi connectivity index (χ1) is 7.61. The van der Waals surface area contributed by atoms with Gasteiger partial charge in [-0.3, -0.25) is 9.69 Å². The molecule has 1 amide bonds. The highest BCUT2D eigenvalue weighted by Crippen LogP contribution is 2.14. The molecule has 3 N–H and O–H groups in total. The molecule has 5 heteroatoms. The molecule has 1 fully saturated rings. The van der Waals surface area contributed by atoms with Crippen LogP contribution in [-0.2, 0) is 4.79 Å². The second-order valence-corrected chi connectivity index (χ2v) is 4.75. The van der Waals surface area contributed by atoms with E-state index in [-0.39, 0.29) is 5.91 Å². The summed E-state index contributed by atoms with van der Waals surface area (Å²) in [6.45, 7) is 4.87. The summed E-state index contributed by atoms with van der Waals surface area (Å²) in [7, 11) is 4.15. The normalized spacial score (nSPS) is 21.6. The minimum atomic E-state index is 0.0688. The lowest BCUT2D eigenvalue weighted by atomic mass is 10.1. The Bertz CT molecular complexity index is 222. The number of nitrogens with two attached hydrogens (primary N) is 1. The number of hydrogen-bond acceptors (Lipinski definition) is 4. The molecule has 1 rings (SSSR count). The SMILES string of the molecule is CN1CCC(CN(C)CC(=O)NCCN)C1. The van der Waals surface area contributed by atoms with Gasteiger partial charge in [0.2, 0.25) is 5.91 Å². The smallest absolute Gasteiger partial charge is 0.234 e. The Morgan fingerprint density at radius 2 is 2.38 bits per heavy atom. The Hall–Kier alpha value is -0.650. The van der Waals surface area contributed by atoms with E-state index in [1.165, 1.54) is 13.0 Å². The molecule has 1 aliphatic heterocycles.